The Kier molecular flexibility index (Phi) is 4.89. The molecule has 114 valence electrons. The molecule has 0 bridgehead atoms. The molecule has 0 aliphatic carbocycles. The minimum Gasteiger partial charge on any atom is -0.356 e. The molecule has 9 heteroatoms. The fourth-order valence-electron chi connectivity index (χ4n) is 2.37. The number of anilines is 1. The fraction of sp³-hybridized carbons (Fsp3) is 0.583. The van der Waals surface area contributed by atoms with E-state index < -0.39 is 4.92 Å². The number of carbonyl (C=O) groups excluding carboxylic acids is 1. The first kappa shape index (κ1) is 15.4. The number of hydrogen-bond acceptors (Lipinski definition) is 6. The molecule has 0 aromatic carbocycles. The molecule has 1 aromatic heterocycles. The van der Waals surface area contributed by atoms with Crippen molar-refractivity contribution < 1.29 is 9.72 Å². The molecule has 1 aliphatic rings. The van der Waals surface area contributed by atoms with Crippen LogP contribution in [0.4, 0.5) is 11.5 Å². The molecular formula is C12H16ClN5O3. The lowest BCUT2D eigenvalue weighted by molar-refractivity contribution is -0.384. The zero-order valence-electron chi connectivity index (χ0n) is 11.6. The Morgan fingerprint density at radius 3 is 2.76 bits per heavy atom. The van der Waals surface area contributed by atoms with Gasteiger partial charge in [-0.1, -0.05) is 11.6 Å². The van der Waals surface area contributed by atoms with E-state index in [1.165, 1.54) is 13.3 Å². The lowest BCUT2D eigenvalue weighted by atomic mass is 9.96. The predicted molar refractivity (Wildman–Crippen MR) is 77.3 cm³/mol. The first-order valence-electron chi connectivity index (χ1n) is 6.63. The van der Waals surface area contributed by atoms with Gasteiger partial charge in [0.05, 0.1) is 4.92 Å². The van der Waals surface area contributed by atoms with Crippen LogP contribution >= 0.6 is 11.6 Å². The second-order valence-corrected chi connectivity index (χ2v) is 5.32. The van der Waals surface area contributed by atoms with Gasteiger partial charge in [-0.3, -0.25) is 14.9 Å². The van der Waals surface area contributed by atoms with E-state index in [9.17, 15) is 14.9 Å². The van der Waals surface area contributed by atoms with Crippen LogP contribution in [0.1, 0.15) is 19.8 Å². The SMILES string of the molecule is CC(=O)NCC1CCN(c2ncnc(Cl)c2[N+](=O)[O-])CC1. The summed E-state index contributed by atoms with van der Waals surface area (Å²) >= 11 is 5.79. The van der Waals surface area contributed by atoms with Crippen LogP contribution in [0.3, 0.4) is 0 Å². The van der Waals surface area contributed by atoms with E-state index in [-0.39, 0.29) is 22.6 Å². The normalized spacial score (nSPS) is 15.8. The molecule has 0 unspecified atom stereocenters. The van der Waals surface area contributed by atoms with Crippen molar-refractivity contribution in [1.82, 2.24) is 15.3 Å². The molecule has 1 aromatic rings. The molecule has 0 atom stereocenters. The van der Waals surface area contributed by atoms with Crippen LogP contribution in [0.15, 0.2) is 6.33 Å². The molecule has 2 rings (SSSR count). The third-order valence-corrected chi connectivity index (χ3v) is 3.77. The summed E-state index contributed by atoms with van der Waals surface area (Å²) in [7, 11) is 0. The largest absolute Gasteiger partial charge is 0.356 e. The molecule has 1 amide bonds. The first-order chi connectivity index (χ1) is 9.99. The number of nitro groups is 1. The van der Waals surface area contributed by atoms with Gasteiger partial charge in [-0.15, -0.1) is 0 Å². The Morgan fingerprint density at radius 2 is 2.19 bits per heavy atom. The van der Waals surface area contributed by atoms with E-state index in [0.717, 1.165) is 12.8 Å². The quantitative estimate of drug-likeness (QED) is 0.512. The van der Waals surface area contributed by atoms with E-state index in [1.807, 2.05) is 4.90 Å². The van der Waals surface area contributed by atoms with Gasteiger partial charge in [0.25, 0.3) is 0 Å². The molecule has 1 saturated heterocycles. The summed E-state index contributed by atoms with van der Waals surface area (Å²) in [5.41, 5.74) is -0.250. The van der Waals surface area contributed by atoms with Crippen molar-refractivity contribution in [2.24, 2.45) is 5.92 Å². The van der Waals surface area contributed by atoms with Gasteiger partial charge in [-0.2, -0.15) is 0 Å². The average Bonchev–Trinajstić information content (AvgIpc) is 2.45. The number of nitrogens with one attached hydrogen (secondary N) is 1. The Hall–Kier alpha value is -1.96. The van der Waals surface area contributed by atoms with E-state index in [2.05, 4.69) is 15.3 Å². The highest BCUT2D eigenvalue weighted by atomic mass is 35.5. The molecule has 8 nitrogen and oxygen atoms in total. The highest BCUT2D eigenvalue weighted by molar-refractivity contribution is 6.31. The summed E-state index contributed by atoms with van der Waals surface area (Å²) in [5.74, 6) is 0.593. The van der Waals surface area contributed by atoms with Crippen LogP contribution in [0.25, 0.3) is 0 Å². The van der Waals surface area contributed by atoms with Crippen LogP contribution in [0.2, 0.25) is 5.15 Å². The van der Waals surface area contributed by atoms with Gasteiger partial charge in [-0.05, 0) is 18.8 Å². The van der Waals surface area contributed by atoms with E-state index in [1.54, 1.807) is 0 Å². The summed E-state index contributed by atoms with van der Waals surface area (Å²) in [6.07, 6.45) is 2.90. The topological polar surface area (TPSA) is 101 Å². The van der Waals surface area contributed by atoms with Gasteiger partial charge in [0.2, 0.25) is 16.9 Å². The van der Waals surface area contributed by atoms with Crippen molar-refractivity contribution in [3.8, 4) is 0 Å². The monoisotopic (exact) mass is 313 g/mol. The smallest absolute Gasteiger partial charge is 0.348 e. The van der Waals surface area contributed by atoms with Gasteiger partial charge in [0, 0.05) is 26.6 Å². The van der Waals surface area contributed by atoms with Gasteiger partial charge < -0.3 is 10.2 Å². The molecule has 1 aliphatic heterocycles. The van der Waals surface area contributed by atoms with Crippen molar-refractivity contribution in [2.45, 2.75) is 19.8 Å². The highest BCUT2D eigenvalue weighted by Gasteiger charge is 2.29. The number of nitrogens with zero attached hydrogens (tertiary/aromatic N) is 4. The van der Waals surface area contributed by atoms with Gasteiger partial charge in [0.1, 0.15) is 6.33 Å². The van der Waals surface area contributed by atoms with E-state index in [0.29, 0.717) is 25.6 Å². The Bertz CT molecular complexity index is 546. The van der Waals surface area contributed by atoms with Crippen molar-refractivity contribution in [3.05, 3.63) is 21.6 Å². The van der Waals surface area contributed by atoms with Crippen molar-refractivity contribution in [3.63, 3.8) is 0 Å². The standard InChI is InChI=1S/C12H16ClN5O3/c1-8(19)14-6-9-2-4-17(5-3-9)12-10(18(20)21)11(13)15-7-16-12/h7,9H,2-6H2,1H3,(H,14,19). The van der Waals surface area contributed by atoms with Crippen LogP contribution in [0, 0.1) is 16.0 Å². The van der Waals surface area contributed by atoms with Crippen molar-refractivity contribution >= 4 is 29.0 Å². The fourth-order valence-corrected chi connectivity index (χ4v) is 2.57. The maximum atomic E-state index is 11.1. The maximum Gasteiger partial charge on any atom is 0.348 e. The number of aromatic nitrogens is 2. The van der Waals surface area contributed by atoms with Crippen LogP contribution in [0.5, 0.6) is 0 Å². The third kappa shape index (κ3) is 3.78. The molecule has 0 spiro atoms. The van der Waals surface area contributed by atoms with E-state index in [4.69, 9.17) is 11.6 Å². The second-order valence-electron chi connectivity index (χ2n) is 4.96. The minimum atomic E-state index is -0.555. The molecule has 0 radical (unpaired) electrons. The Labute approximate surface area is 126 Å². The summed E-state index contributed by atoms with van der Waals surface area (Å²) in [5, 5.41) is 13.7. The second kappa shape index (κ2) is 6.66. The maximum absolute atomic E-state index is 11.1. The molecule has 21 heavy (non-hydrogen) atoms. The molecule has 0 saturated carbocycles. The van der Waals surface area contributed by atoms with Gasteiger partial charge in [0.15, 0.2) is 0 Å². The number of rotatable bonds is 4. The van der Waals surface area contributed by atoms with Crippen LogP contribution < -0.4 is 10.2 Å². The summed E-state index contributed by atoms with van der Waals surface area (Å²) in [6.45, 7) is 3.40. The number of amides is 1. The minimum absolute atomic E-state index is 0.0457. The van der Waals surface area contributed by atoms with Gasteiger partial charge >= 0.3 is 5.69 Å². The number of halogens is 1. The molecule has 2 heterocycles. The van der Waals surface area contributed by atoms with Crippen LogP contribution in [-0.2, 0) is 4.79 Å². The lowest BCUT2D eigenvalue weighted by Crippen LogP contribution is -2.38. The number of carbonyl (C=O) groups is 1. The van der Waals surface area contributed by atoms with Crippen molar-refractivity contribution in [2.75, 3.05) is 24.5 Å². The van der Waals surface area contributed by atoms with Gasteiger partial charge in [-0.25, -0.2) is 9.97 Å². The Morgan fingerprint density at radius 1 is 1.52 bits per heavy atom. The molecular weight excluding hydrogens is 298 g/mol. The predicted octanol–water partition coefficient (Wildman–Crippen LogP) is 1.39. The average molecular weight is 314 g/mol. The summed E-state index contributed by atoms with van der Waals surface area (Å²) < 4.78 is 0. The first-order valence-corrected chi connectivity index (χ1v) is 7.01. The van der Waals surface area contributed by atoms with Crippen molar-refractivity contribution in [1.29, 1.82) is 0 Å². The van der Waals surface area contributed by atoms with E-state index >= 15 is 0 Å². The van der Waals surface area contributed by atoms with Crippen LogP contribution in [-0.4, -0.2) is 40.4 Å². The number of hydrogen-bond donors (Lipinski definition) is 1. The third-order valence-electron chi connectivity index (χ3n) is 3.49. The number of piperidine rings is 1. The lowest BCUT2D eigenvalue weighted by Gasteiger charge is -2.32. The highest BCUT2D eigenvalue weighted by Crippen LogP contribution is 2.33. The zero-order valence-corrected chi connectivity index (χ0v) is 12.3. The summed E-state index contributed by atoms with van der Waals surface area (Å²) in [4.78, 5) is 30.9. The molecule has 1 fully saturated rings. The zero-order chi connectivity index (χ0) is 15.4. The summed E-state index contributed by atoms with van der Waals surface area (Å²) in [6, 6.07) is 0. The Balaban J connectivity index is 2.04. The molecule has 1 N–H and O–H groups in total.